The van der Waals surface area contributed by atoms with Gasteiger partial charge >= 0.3 is 5.97 Å². The molecule has 3 aromatic rings. The normalized spacial score (nSPS) is 11.2. The Hall–Kier alpha value is -2.53. The maximum Gasteiger partial charge on any atom is 0.342 e. The van der Waals surface area contributed by atoms with Crippen molar-refractivity contribution < 1.29 is 18.7 Å². The van der Waals surface area contributed by atoms with Crippen LogP contribution in [0.2, 0.25) is 0 Å². The molecule has 0 amide bonds. The molecule has 0 bridgehead atoms. The minimum absolute atomic E-state index is 0.315. The van der Waals surface area contributed by atoms with E-state index >= 15 is 0 Å². The van der Waals surface area contributed by atoms with Gasteiger partial charge in [-0.2, -0.15) is 0 Å². The minimum Gasteiger partial charge on any atom is -0.488 e. The lowest BCUT2D eigenvalue weighted by molar-refractivity contribution is 0.0526. The third-order valence-electron chi connectivity index (χ3n) is 3.84. The molecule has 26 heavy (non-hydrogen) atoms. The fraction of sp³-hybridized carbons (Fsp3) is 0.190. The molecular formula is C21H19BrO4. The van der Waals surface area contributed by atoms with Crippen LogP contribution in [0.15, 0.2) is 57.4 Å². The number of esters is 1. The Kier molecular flexibility index (Phi) is 5.78. The molecule has 0 fully saturated rings. The van der Waals surface area contributed by atoms with Gasteiger partial charge in [0.15, 0.2) is 0 Å². The van der Waals surface area contributed by atoms with Crippen molar-refractivity contribution in [2.45, 2.75) is 13.8 Å². The maximum absolute atomic E-state index is 12.2. The summed E-state index contributed by atoms with van der Waals surface area (Å²) < 4.78 is 17.4. The van der Waals surface area contributed by atoms with E-state index in [2.05, 4.69) is 15.9 Å². The molecule has 3 rings (SSSR count). The van der Waals surface area contributed by atoms with E-state index in [0.717, 1.165) is 10.0 Å². The standard InChI is InChI=1S/C21H19BrO4/c1-3-24-21(23)20-14(2)26-18-13-17(22)19(12-16(18)20)25-11-7-10-15-8-5-4-6-9-15/h4-10,12-13H,3,11H2,1-2H3. The van der Waals surface area contributed by atoms with Gasteiger partial charge in [-0.05, 0) is 53.5 Å². The molecule has 1 aromatic heterocycles. The Labute approximate surface area is 160 Å². The van der Waals surface area contributed by atoms with Crippen LogP contribution in [-0.4, -0.2) is 19.2 Å². The number of furan rings is 1. The molecule has 0 unspecified atom stereocenters. The highest BCUT2D eigenvalue weighted by atomic mass is 79.9. The lowest BCUT2D eigenvalue weighted by Crippen LogP contribution is -2.05. The van der Waals surface area contributed by atoms with Crippen LogP contribution in [0.5, 0.6) is 5.75 Å². The van der Waals surface area contributed by atoms with Gasteiger partial charge in [-0.3, -0.25) is 0 Å². The van der Waals surface area contributed by atoms with Gasteiger partial charge in [0.05, 0.1) is 11.1 Å². The molecule has 0 saturated carbocycles. The second-order valence-electron chi connectivity index (χ2n) is 5.66. The molecular weight excluding hydrogens is 396 g/mol. The van der Waals surface area contributed by atoms with Gasteiger partial charge in [0.1, 0.15) is 29.3 Å². The Bertz CT molecular complexity index is 942. The summed E-state index contributed by atoms with van der Waals surface area (Å²) in [5.74, 6) is 0.786. The van der Waals surface area contributed by atoms with E-state index in [4.69, 9.17) is 13.9 Å². The number of ether oxygens (including phenoxy) is 2. The van der Waals surface area contributed by atoms with E-state index < -0.39 is 0 Å². The van der Waals surface area contributed by atoms with Gasteiger partial charge in [-0.1, -0.05) is 36.4 Å². The monoisotopic (exact) mass is 414 g/mol. The minimum atomic E-state index is -0.388. The molecule has 0 saturated heterocycles. The van der Waals surface area contributed by atoms with E-state index in [1.807, 2.05) is 42.5 Å². The second-order valence-corrected chi connectivity index (χ2v) is 6.51. The zero-order valence-electron chi connectivity index (χ0n) is 14.6. The number of carbonyl (C=O) groups is 1. The molecule has 4 nitrogen and oxygen atoms in total. The van der Waals surface area contributed by atoms with Crippen LogP contribution >= 0.6 is 15.9 Å². The van der Waals surface area contributed by atoms with E-state index in [0.29, 0.717) is 41.3 Å². The van der Waals surface area contributed by atoms with Crippen LogP contribution in [0.25, 0.3) is 17.0 Å². The Balaban J connectivity index is 1.82. The van der Waals surface area contributed by atoms with E-state index in [1.54, 1.807) is 26.0 Å². The molecule has 0 aliphatic heterocycles. The highest BCUT2D eigenvalue weighted by molar-refractivity contribution is 9.10. The van der Waals surface area contributed by atoms with E-state index in [1.165, 1.54) is 0 Å². The Morgan fingerprint density at radius 3 is 2.73 bits per heavy atom. The first kappa shape index (κ1) is 18.3. The van der Waals surface area contributed by atoms with Crippen molar-refractivity contribution in [1.82, 2.24) is 0 Å². The lowest BCUT2D eigenvalue weighted by Gasteiger charge is -2.07. The molecule has 0 N–H and O–H groups in total. The Morgan fingerprint density at radius 1 is 1.23 bits per heavy atom. The summed E-state index contributed by atoms with van der Waals surface area (Å²) >= 11 is 3.49. The molecule has 0 atom stereocenters. The number of halogens is 1. The van der Waals surface area contributed by atoms with Crippen molar-refractivity contribution >= 4 is 38.9 Å². The molecule has 0 aliphatic rings. The average Bonchev–Trinajstić information content (AvgIpc) is 2.94. The molecule has 5 heteroatoms. The molecule has 0 aliphatic carbocycles. The number of aryl methyl sites for hydroxylation is 1. The molecule has 0 radical (unpaired) electrons. The van der Waals surface area contributed by atoms with Crippen molar-refractivity contribution in [3.63, 3.8) is 0 Å². The second kappa shape index (κ2) is 8.23. The summed E-state index contributed by atoms with van der Waals surface area (Å²) in [4.78, 5) is 12.2. The van der Waals surface area contributed by atoms with Crippen LogP contribution in [0.4, 0.5) is 0 Å². The first-order chi connectivity index (χ1) is 12.6. The number of carbonyl (C=O) groups excluding carboxylic acids is 1. The van der Waals surface area contributed by atoms with E-state index in [9.17, 15) is 4.79 Å². The van der Waals surface area contributed by atoms with Crippen LogP contribution in [0, 0.1) is 6.92 Å². The lowest BCUT2D eigenvalue weighted by atomic mass is 10.1. The van der Waals surface area contributed by atoms with Crippen molar-refractivity contribution in [1.29, 1.82) is 0 Å². The molecule has 134 valence electrons. The van der Waals surface area contributed by atoms with Crippen LogP contribution in [-0.2, 0) is 4.74 Å². The SMILES string of the molecule is CCOC(=O)c1c(C)oc2cc(Br)c(OCC=Cc3ccccc3)cc12. The third-order valence-corrected chi connectivity index (χ3v) is 4.46. The number of rotatable bonds is 6. The highest BCUT2D eigenvalue weighted by Crippen LogP contribution is 2.35. The highest BCUT2D eigenvalue weighted by Gasteiger charge is 2.21. The zero-order valence-corrected chi connectivity index (χ0v) is 16.2. The third kappa shape index (κ3) is 3.99. The van der Waals surface area contributed by atoms with Gasteiger partial charge in [0, 0.05) is 5.39 Å². The van der Waals surface area contributed by atoms with Crippen LogP contribution < -0.4 is 4.74 Å². The number of fused-ring (bicyclic) bond motifs is 1. The quantitative estimate of drug-likeness (QED) is 0.480. The zero-order chi connectivity index (χ0) is 18.5. The smallest absolute Gasteiger partial charge is 0.342 e. The molecule has 0 spiro atoms. The first-order valence-electron chi connectivity index (χ1n) is 8.34. The summed E-state index contributed by atoms with van der Waals surface area (Å²) in [6, 6.07) is 13.6. The topological polar surface area (TPSA) is 48.7 Å². The van der Waals surface area contributed by atoms with Crippen molar-refractivity contribution in [3.05, 3.63) is 69.9 Å². The summed E-state index contributed by atoms with van der Waals surface area (Å²) in [6.07, 6.45) is 3.94. The number of benzene rings is 2. The summed E-state index contributed by atoms with van der Waals surface area (Å²) in [5, 5.41) is 0.686. The fourth-order valence-corrected chi connectivity index (χ4v) is 3.11. The van der Waals surface area contributed by atoms with E-state index in [-0.39, 0.29) is 5.97 Å². The van der Waals surface area contributed by atoms with Gasteiger partial charge in [-0.15, -0.1) is 0 Å². The van der Waals surface area contributed by atoms with Crippen molar-refractivity contribution in [3.8, 4) is 5.75 Å². The van der Waals surface area contributed by atoms with Crippen LogP contribution in [0.1, 0.15) is 28.6 Å². The number of hydrogen-bond acceptors (Lipinski definition) is 4. The molecule has 1 heterocycles. The summed E-state index contributed by atoms with van der Waals surface area (Å²) in [6.45, 7) is 4.25. The van der Waals surface area contributed by atoms with Gasteiger partial charge in [0.2, 0.25) is 0 Å². The Morgan fingerprint density at radius 2 is 2.00 bits per heavy atom. The first-order valence-corrected chi connectivity index (χ1v) is 9.13. The predicted octanol–water partition coefficient (Wildman–Crippen LogP) is 5.77. The average molecular weight is 415 g/mol. The molecule has 2 aromatic carbocycles. The number of hydrogen-bond donors (Lipinski definition) is 0. The van der Waals surface area contributed by atoms with Gasteiger partial charge in [0.25, 0.3) is 0 Å². The summed E-state index contributed by atoms with van der Waals surface area (Å²) in [5.41, 5.74) is 2.17. The van der Waals surface area contributed by atoms with Gasteiger partial charge in [-0.25, -0.2) is 4.79 Å². The predicted molar refractivity (Wildman–Crippen MR) is 106 cm³/mol. The maximum atomic E-state index is 12.2. The van der Waals surface area contributed by atoms with Crippen molar-refractivity contribution in [2.75, 3.05) is 13.2 Å². The fourth-order valence-electron chi connectivity index (χ4n) is 2.67. The van der Waals surface area contributed by atoms with Crippen molar-refractivity contribution in [2.24, 2.45) is 0 Å². The van der Waals surface area contributed by atoms with Crippen LogP contribution in [0.3, 0.4) is 0 Å². The largest absolute Gasteiger partial charge is 0.488 e. The summed E-state index contributed by atoms with van der Waals surface area (Å²) in [7, 11) is 0. The van der Waals surface area contributed by atoms with Gasteiger partial charge < -0.3 is 13.9 Å².